The molecular formula is C17H17FN2O3. The van der Waals surface area contributed by atoms with E-state index in [1.165, 1.54) is 25.1 Å². The Hall–Kier alpha value is -2.73. The van der Waals surface area contributed by atoms with Gasteiger partial charge in [0.2, 0.25) is 0 Å². The first-order valence-corrected chi connectivity index (χ1v) is 7.05. The Bertz CT molecular complexity index is 701. The standard InChI is InChI=1S/C17H17FN2O3/c1-11(21)12-6-8-13(9-7-12)20-17(23)19-10-16(22)14-4-2-3-5-15(14)18/h2-9,16,22H,10H2,1H3,(H2,19,20,23)/t16-/m0/s1. The number of benzene rings is 2. The number of rotatable bonds is 5. The first kappa shape index (κ1) is 16.6. The Morgan fingerprint density at radius 3 is 2.39 bits per heavy atom. The number of nitrogens with one attached hydrogen (secondary N) is 2. The van der Waals surface area contributed by atoms with Crippen LogP contribution >= 0.6 is 0 Å². The lowest BCUT2D eigenvalue weighted by Gasteiger charge is -2.13. The van der Waals surface area contributed by atoms with Gasteiger partial charge < -0.3 is 15.7 Å². The summed E-state index contributed by atoms with van der Waals surface area (Å²) in [5.74, 6) is -0.587. The first-order chi connectivity index (χ1) is 11.0. The molecule has 0 unspecified atom stereocenters. The van der Waals surface area contributed by atoms with Crippen molar-refractivity contribution in [2.24, 2.45) is 0 Å². The van der Waals surface area contributed by atoms with Crippen LogP contribution in [0.4, 0.5) is 14.9 Å². The average Bonchev–Trinajstić information content (AvgIpc) is 2.53. The highest BCUT2D eigenvalue weighted by Gasteiger charge is 2.13. The Balaban J connectivity index is 1.87. The van der Waals surface area contributed by atoms with Crippen molar-refractivity contribution in [2.75, 3.05) is 11.9 Å². The van der Waals surface area contributed by atoms with Crippen molar-refractivity contribution in [2.45, 2.75) is 13.0 Å². The SMILES string of the molecule is CC(=O)c1ccc(NC(=O)NC[C@H](O)c2ccccc2F)cc1. The zero-order chi connectivity index (χ0) is 16.8. The van der Waals surface area contributed by atoms with E-state index < -0.39 is 18.0 Å². The molecule has 2 rings (SSSR count). The van der Waals surface area contributed by atoms with Crippen molar-refractivity contribution in [3.63, 3.8) is 0 Å². The molecule has 6 heteroatoms. The molecule has 3 N–H and O–H groups in total. The second kappa shape index (κ2) is 7.51. The van der Waals surface area contributed by atoms with Crippen LogP contribution in [-0.4, -0.2) is 23.5 Å². The third-order valence-corrected chi connectivity index (χ3v) is 3.27. The van der Waals surface area contributed by atoms with E-state index in [9.17, 15) is 19.1 Å². The van der Waals surface area contributed by atoms with Gasteiger partial charge in [0.1, 0.15) is 5.82 Å². The van der Waals surface area contributed by atoms with Crippen LogP contribution in [0.15, 0.2) is 48.5 Å². The molecular weight excluding hydrogens is 299 g/mol. The maximum absolute atomic E-state index is 13.5. The molecule has 5 nitrogen and oxygen atoms in total. The summed E-state index contributed by atoms with van der Waals surface area (Å²) in [6.07, 6.45) is -1.14. The van der Waals surface area contributed by atoms with Gasteiger partial charge in [-0.05, 0) is 37.3 Å². The maximum atomic E-state index is 13.5. The van der Waals surface area contributed by atoms with Crippen LogP contribution in [0.5, 0.6) is 0 Å². The van der Waals surface area contributed by atoms with Gasteiger partial charge in [0, 0.05) is 23.4 Å². The van der Waals surface area contributed by atoms with Crippen molar-refractivity contribution in [1.82, 2.24) is 5.32 Å². The third-order valence-electron chi connectivity index (χ3n) is 3.27. The van der Waals surface area contributed by atoms with Gasteiger partial charge in [-0.25, -0.2) is 9.18 Å². The average molecular weight is 316 g/mol. The van der Waals surface area contributed by atoms with Gasteiger partial charge in [-0.3, -0.25) is 4.79 Å². The predicted octanol–water partition coefficient (Wildman–Crippen LogP) is 2.88. The molecule has 0 spiro atoms. The lowest BCUT2D eigenvalue weighted by Crippen LogP contribution is -2.32. The van der Waals surface area contributed by atoms with Crippen molar-refractivity contribution >= 4 is 17.5 Å². The summed E-state index contributed by atoms with van der Waals surface area (Å²) in [6.45, 7) is 1.33. The van der Waals surface area contributed by atoms with E-state index in [0.717, 1.165) is 0 Å². The second-order valence-electron chi connectivity index (χ2n) is 5.01. The predicted molar refractivity (Wildman–Crippen MR) is 84.8 cm³/mol. The smallest absolute Gasteiger partial charge is 0.319 e. The molecule has 0 bridgehead atoms. The van der Waals surface area contributed by atoms with Crippen LogP contribution < -0.4 is 10.6 Å². The number of halogens is 1. The molecule has 0 fully saturated rings. The summed E-state index contributed by atoms with van der Waals surface area (Å²) in [5, 5.41) is 14.9. The highest BCUT2D eigenvalue weighted by atomic mass is 19.1. The third kappa shape index (κ3) is 4.62. The van der Waals surface area contributed by atoms with Gasteiger partial charge >= 0.3 is 6.03 Å². The lowest BCUT2D eigenvalue weighted by atomic mass is 10.1. The van der Waals surface area contributed by atoms with Gasteiger partial charge in [-0.2, -0.15) is 0 Å². The van der Waals surface area contributed by atoms with Crippen molar-refractivity contribution < 1.29 is 19.1 Å². The summed E-state index contributed by atoms with van der Waals surface area (Å²) in [5.41, 5.74) is 1.18. The topological polar surface area (TPSA) is 78.4 Å². The summed E-state index contributed by atoms with van der Waals surface area (Å²) in [4.78, 5) is 22.9. The molecule has 120 valence electrons. The molecule has 1 atom stereocenters. The number of aliphatic hydroxyl groups is 1. The van der Waals surface area contributed by atoms with E-state index in [1.807, 2.05) is 0 Å². The Morgan fingerprint density at radius 1 is 1.13 bits per heavy atom. The summed E-state index contributed by atoms with van der Waals surface area (Å²) in [7, 11) is 0. The van der Waals surface area contributed by atoms with E-state index >= 15 is 0 Å². The normalized spacial score (nSPS) is 11.6. The first-order valence-electron chi connectivity index (χ1n) is 7.05. The zero-order valence-corrected chi connectivity index (χ0v) is 12.5. The Kier molecular flexibility index (Phi) is 5.43. The van der Waals surface area contributed by atoms with Crippen LogP contribution in [0.2, 0.25) is 0 Å². The van der Waals surface area contributed by atoms with Crippen molar-refractivity contribution in [3.8, 4) is 0 Å². The molecule has 0 aliphatic carbocycles. The molecule has 23 heavy (non-hydrogen) atoms. The summed E-state index contributed by atoms with van der Waals surface area (Å²) < 4.78 is 13.5. The van der Waals surface area contributed by atoms with Crippen LogP contribution in [-0.2, 0) is 0 Å². The zero-order valence-electron chi connectivity index (χ0n) is 12.5. The van der Waals surface area contributed by atoms with Crippen LogP contribution in [0.25, 0.3) is 0 Å². The van der Waals surface area contributed by atoms with E-state index in [4.69, 9.17) is 0 Å². The van der Waals surface area contributed by atoms with Gasteiger partial charge in [0.05, 0.1) is 6.10 Å². The molecule has 2 amide bonds. The molecule has 0 aromatic heterocycles. The van der Waals surface area contributed by atoms with E-state index in [2.05, 4.69) is 10.6 Å². The van der Waals surface area contributed by atoms with Crippen molar-refractivity contribution in [3.05, 3.63) is 65.5 Å². The van der Waals surface area contributed by atoms with E-state index in [0.29, 0.717) is 11.3 Å². The monoisotopic (exact) mass is 316 g/mol. The lowest BCUT2D eigenvalue weighted by molar-refractivity contribution is 0.101. The largest absolute Gasteiger partial charge is 0.386 e. The second-order valence-corrected chi connectivity index (χ2v) is 5.01. The summed E-state index contributed by atoms with van der Waals surface area (Å²) >= 11 is 0. The number of carbonyl (C=O) groups excluding carboxylic acids is 2. The fourth-order valence-electron chi connectivity index (χ4n) is 2.01. The minimum Gasteiger partial charge on any atom is -0.386 e. The number of ketones is 1. The fourth-order valence-corrected chi connectivity index (χ4v) is 2.01. The van der Waals surface area contributed by atoms with Gasteiger partial charge in [-0.15, -0.1) is 0 Å². The number of Topliss-reactive ketones (excluding diaryl/α,β-unsaturated/α-hetero) is 1. The summed E-state index contributed by atoms with van der Waals surface area (Å²) in [6, 6.07) is 11.7. The number of aliphatic hydroxyl groups excluding tert-OH is 1. The van der Waals surface area contributed by atoms with E-state index in [1.54, 1.807) is 30.3 Å². The number of hydrogen-bond donors (Lipinski definition) is 3. The Labute approximate surface area is 133 Å². The minimum absolute atomic E-state index is 0.0611. The molecule has 0 aliphatic heterocycles. The molecule has 0 heterocycles. The van der Waals surface area contributed by atoms with Crippen LogP contribution in [0.3, 0.4) is 0 Å². The molecule has 2 aromatic rings. The van der Waals surface area contributed by atoms with Crippen LogP contribution in [0, 0.1) is 5.82 Å². The minimum atomic E-state index is -1.14. The fraction of sp³-hybridized carbons (Fsp3) is 0.176. The molecule has 2 aromatic carbocycles. The number of anilines is 1. The molecule has 0 aliphatic rings. The molecule has 0 saturated heterocycles. The number of carbonyl (C=O) groups is 2. The van der Waals surface area contributed by atoms with Gasteiger partial charge in [0.25, 0.3) is 0 Å². The van der Waals surface area contributed by atoms with E-state index in [-0.39, 0.29) is 17.9 Å². The van der Waals surface area contributed by atoms with Gasteiger partial charge in [0.15, 0.2) is 5.78 Å². The number of amides is 2. The molecule has 0 radical (unpaired) electrons. The Morgan fingerprint density at radius 2 is 1.78 bits per heavy atom. The number of hydrogen-bond acceptors (Lipinski definition) is 3. The molecule has 0 saturated carbocycles. The van der Waals surface area contributed by atoms with Crippen molar-refractivity contribution in [1.29, 1.82) is 0 Å². The number of urea groups is 1. The highest BCUT2D eigenvalue weighted by molar-refractivity contribution is 5.95. The highest BCUT2D eigenvalue weighted by Crippen LogP contribution is 2.15. The quantitative estimate of drug-likeness (QED) is 0.742. The van der Waals surface area contributed by atoms with Gasteiger partial charge in [-0.1, -0.05) is 18.2 Å². The van der Waals surface area contributed by atoms with Crippen LogP contribution in [0.1, 0.15) is 28.9 Å². The maximum Gasteiger partial charge on any atom is 0.319 e.